The van der Waals surface area contributed by atoms with Gasteiger partial charge in [-0.15, -0.1) is 11.3 Å². The lowest BCUT2D eigenvalue weighted by atomic mass is 10.3. The van der Waals surface area contributed by atoms with Crippen molar-refractivity contribution in [2.24, 2.45) is 0 Å². The minimum atomic E-state index is -0.244. The minimum Gasteiger partial charge on any atom is -0.465 e. The molecule has 0 aliphatic heterocycles. The van der Waals surface area contributed by atoms with Crippen molar-refractivity contribution >= 4 is 17.3 Å². The number of rotatable bonds is 1. The van der Waals surface area contributed by atoms with Crippen LogP contribution in [-0.2, 0) is 4.74 Å². The number of ether oxygens (including phenoxy) is 1. The Labute approximate surface area is 69.8 Å². The van der Waals surface area contributed by atoms with Gasteiger partial charge >= 0.3 is 5.97 Å². The van der Waals surface area contributed by atoms with E-state index in [1.54, 1.807) is 0 Å². The van der Waals surface area contributed by atoms with Gasteiger partial charge in [0.2, 0.25) is 0 Å². The van der Waals surface area contributed by atoms with Crippen LogP contribution in [0.1, 0.15) is 20.1 Å². The van der Waals surface area contributed by atoms with Gasteiger partial charge < -0.3 is 4.74 Å². The second-order valence-electron chi connectivity index (χ2n) is 2.34. The fraction of sp³-hybridized carbons (Fsp3) is 0.375. The van der Waals surface area contributed by atoms with Crippen LogP contribution >= 0.6 is 11.3 Å². The van der Waals surface area contributed by atoms with E-state index >= 15 is 0 Å². The summed E-state index contributed by atoms with van der Waals surface area (Å²) in [4.78, 5) is 12.8. The van der Waals surface area contributed by atoms with Crippen molar-refractivity contribution in [2.45, 2.75) is 13.8 Å². The summed E-state index contributed by atoms with van der Waals surface area (Å²) in [6.07, 6.45) is 0. The number of methoxy groups -OCH3 is 1. The average Bonchev–Trinajstić information content (AvgIpc) is 2.31. The molecule has 0 spiro atoms. The molecule has 0 fully saturated rings. The van der Waals surface area contributed by atoms with E-state index in [9.17, 15) is 4.79 Å². The predicted octanol–water partition coefficient (Wildman–Crippen LogP) is 2.15. The van der Waals surface area contributed by atoms with E-state index in [2.05, 4.69) is 4.74 Å². The zero-order chi connectivity index (χ0) is 8.43. The molecular weight excluding hydrogens is 160 g/mol. The fourth-order valence-electron chi connectivity index (χ4n) is 0.774. The number of carbonyl (C=O) groups excluding carboxylic acids is 1. The first-order valence-corrected chi connectivity index (χ1v) is 4.12. The maximum absolute atomic E-state index is 11.0. The molecule has 0 atom stereocenters. The van der Waals surface area contributed by atoms with Gasteiger partial charge in [-0.3, -0.25) is 0 Å². The van der Waals surface area contributed by atoms with Crippen LogP contribution in [0.3, 0.4) is 0 Å². The first-order chi connectivity index (χ1) is 5.15. The highest BCUT2D eigenvalue weighted by molar-refractivity contribution is 7.14. The molecule has 3 heteroatoms. The molecule has 1 rings (SSSR count). The molecular formula is C8H10O2S. The quantitative estimate of drug-likeness (QED) is 0.604. The minimum absolute atomic E-state index is 0.244. The average molecular weight is 170 g/mol. The molecule has 0 amide bonds. The molecule has 0 N–H and O–H groups in total. The third kappa shape index (κ3) is 1.60. The van der Waals surface area contributed by atoms with E-state index in [1.807, 2.05) is 19.9 Å². The standard InChI is InChI=1S/C8H10O2S/c1-5-4-7(8(9)10-3)11-6(5)2/h4H,1-3H3. The lowest BCUT2D eigenvalue weighted by Crippen LogP contribution is -1.96. The lowest BCUT2D eigenvalue weighted by molar-refractivity contribution is 0.0606. The normalized spacial score (nSPS) is 9.73. The lowest BCUT2D eigenvalue weighted by Gasteiger charge is -1.90. The van der Waals surface area contributed by atoms with Gasteiger partial charge in [-0.05, 0) is 25.5 Å². The number of aryl methyl sites for hydroxylation is 2. The summed E-state index contributed by atoms with van der Waals surface area (Å²) in [6, 6.07) is 1.85. The second-order valence-corrected chi connectivity index (χ2v) is 3.60. The van der Waals surface area contributed by atoms with Crippen LogP contribution in [0.25, 0.3) is 0 Å². The summed E-state index contributed by atoms with van der Waals surface area (Å²) in [7, 11) is 1.40. The van der Waals surface area contributed by atoms with Crippen LogP contribution < -0.4 is 0 Å². The van der Waals surface area contributed by atoms with Gasteiger partial charge in [0, 0.05) is 4.88 Å². The molecule has 0 saturated carbocycles. The van der Waals surface area contributed by atoms with Gasteiger partial charge in [0.15, 0.2) is 0 Å². The number of hydrogen-bond donors (Lipinski definition) is 0. The third-order valence-corrected chi connectivity index (χ3v) is 2.69. The third-order valence-electron chi connectivity index (χ3n) is 1.55. The Balaban J connectivity index is 2.97. The summed E-state index contributed by atoms with van der Waals surface area (Å²) in [6.45, 7) is 3.98. The number of carbonyl (C=O) groups is 1. The van der Waals surface area contributed by atoms with Crippen molar-refractivity contribution in [1.29, 1.82) is 0 Å². The SMILES string of the molecule is COC(=O)c1cc(C)c(C)s1. The fourth-order valence-corrected chi connectivity index (χ4v) is 1.73. The topological polar surface area (TPSA) is 26.3 Å². The van der Waals surface area contributed by atoms with Gasteiger partial charge in [-0.25, -0.2) is 4.79 Å². The molecule has 0 aromatic carbocycles. The van der Waals surface area contributed by atoms with E-state index in [1.165, 1.54) is 23.3 Å². The Morgan fingerprint density at radius 2 is 2.18 bits per heavy atom. The Morgan fingerprint density at radius 3 is 2.55 bits per heavy atom. The van der Waals surface area contributed by atoms with Gasteiger partial charge in [0.1, 0.15) is 4.88 Å². The Kier molecular flexibility index (Phi) is 2.29. The summed E-state index contributed by atoms with van der Waals surface area (Å²) in [5.41, 5.74) is 1.15. The highest BCUT2D eigenvalue weighted by Crippen LogP contribution is 2.20. The number of hydrogen-bond acceptors (Lipinski definition) is 3. The van der Waals surface area contributed by atoms with Crippen LogP contribution in [-0.4, -0.2) is 13.1 Å². The van der Waals surface area contributed by atoms with Crippen molar-refractivity contribution in [3.05, 3.63) is 21.4 Å². The molecule has 0 radical (unpaired) electrons. The molecule has 0 aliphatic rings. The zero-order valence-corrected chi connectivity index (χ0v) is 7.62. The second kappa shape index (κ2) is 3.05. The van der Waals surface area contributed by atoms with E-state index in [0.29, 0.717) is 4.88 Å². The van der Waals surface area contributed by atoms with Gasteiger partial charge in [-0.2, -0.15) is 0 Å². The predicted molar refractivity (Wildman–Crippen MR) is 45.1 cm³/mol. The van der Waals surface area contributed by atoms with Crippen molar-refractivity contribution < 1.29 is 9.53 Å². The van der Waals surface area contributed by atoms with Crippen LogP contribution in [0.4, 0.5) is 0 Å². The highest BCUT2D eigenvalue weighted by atomic mass is 32.1. The van der Waals surface area contributed by atoms with Crippen molar-refractivity contribution in [3.8, 4) is 0 Å². The zero-order valence-electron chi connectivity index (χ0n) is 6.80. The number of esters is 1. The van der Waals surface area contributed by atoms with Crippen LogP contribution in [0.15, 0.2) is 6.07 Å². The molecule has 0 aliphatic carbocycles. The number of thiophene rings is 1. The molecule has 0 saturated heterocycles. The Hall–Kier alpha value is -0.830. The summed E-state index contributed by atoms with van der Waals surface area (Å²) in [5.74, 6) is -0.244. The van der Waals surface area contributed by atoms with Crippen molar-refractivity contribution in [3.63, 3.8) is 0 Å². The molecule has 1 aromatic rings. The van der Waals surface area contributed by atoms with Crippen molar-refractivity contribution in [1.82, 2.24) is 0 Å². The van der Waals surface area contributed by atoms with E-state index < -0.39 is 0 Å². The van der Waals surface area contributed by atoms with Gasteiger partial charge in [-0.1, -0.05) is 0 Å². The first kappa shape index (κ1) is 8.27. The van der Waals surface area contributed by atoms with E-state index in [0.717, 1.165) is 5.56 Å². The maximum atomic E-state index is 11.0. The maximum Gasteiger partial charge on any atom is 0.348 e. The van der Waals surface area contributed by atoms with E-state index in [4.69, 9.17) is 0 Å². The molecule has 2 nitrogen and oxygen atoms in total. The monoisotopic (exact) mass is 170 g/mol. The van der Waals surface area contributed by atoms with Gasteiger partial charge in [0.05, 0.1) is 7.11 Å². The molecule has 0 unspecified atom stereocenters. The summed E-state index contributed by atoms with van der Waals surface area (Å²) >= 11 is 1.47. The van der Waals surface area contributed by atoms with Crippen LogP contribution in [0.5, 0.6) is 0 Å². The van der Waals surface area contributed by atoms with Crippen LogP contribution in [0.2, 0.25) is 0 Å². The molecule has 11 heavy (non-hydrogen) atoms. The molecule has 0 bridgehead atoms. The van der Waals surface area contributed by atoms with Crippen LogP contribution in [0, 0.1) is 13.8 Å². The van der Waals surface area contributed by atoms with Gasteiger partial charge in [0.25, 0.3) is 0 Å². The Bertz CT molecular complexity index is 256. The molecule has 1 aromatic heterocycles. The Morgan fingerprint density at radius 1 is 1.55 bits per heavy atom. The molecule has 60 valence electrons. The highest BCUT2D eigenvalue weighted by Gasteiger charge is 2.09. The first-order valence-electron chi connectivity index (χ1n) is 3.30. The van der Waals surface area contributed by atoms with Crippen molar-refractivity contribution in [2.75, 3.05) is 7.11 Å². The largest absolute Gasteiger partial charge is 0.465 e. The summed E-state index contributed by atoms with van der Waals surface area (Å²) < 4.78 is 4.58. The smallest absolute Gasteiger partial charge is 0.348 e. The molecule has 1 heterocycles. The van der Waals surface area contributed by atoms with E-state index in [-0.39, 0.29) is 5.97 Å². The summed E-state index contributed by atoms with van der Waals surface area (Å²) in [5, 5.41) is 0.